The number of carboxylic acid groups (broad SMARTS) is 2. The van der Waals surface area contributed by atoms with Gasteiger partial charge in [-0.15, -0.1) is 0 Å². The molecule has 0 aromatic rings. The Morgan fingerprint density at radius 1 is 0.269 bits per heavy atom. The third-order valence-electron chi connectivity index (χ3n) is 16.6. The topological polar surface area (TPSA) is 243 Å². The number of aliphatic carboxylic acids is 2. The van der Waals surface area contributed by atoms with Crippen LogP contribution in [0.1, 0.15) is 400 Å². The molecule has 16 nitrogen and oxygen atoms in total. The Hall–Kier alpha value is -3.79. The lowest BCUT2D eigenvalue weighted by Crippen LogP contribution is -2.31. The number of carbonyl (C=O) groups excluding carboxylic acids is 6. The Kier molecular flexibility index (Phi) is 77.5. The molecule has 0 aliphatic heterocycles. The van der Waals surface area contributed by atoms with E-state index >= 15 is 0 Å². The Bertz CT molecular complexity index is 1610. The quantitative estimate of drug-likeness (QED) is 0.0168. The second-order valence-electron chi connectivity index (χ2n) is 26.0. The van der Waals surface area contributed by atoms with Gasteiger partial charge in [0.15, 0.2) is 6.10 Å². The summed E-state index contributed by atoms with van der Waals surface area (Å²) < 4.78 is 26.0. The number of hydrogen-bond acceptors (Lipinski definition) is 14. The van der Waals surface area contributed by atoms with Crippen molar-refractivity contribution in [2.75, 3.05) is 26.4 Å². The molecule has 0 atom stereocenters. The minimum Gasteiger partial charge on any atom is -0.481 e. The van der Waals surface area contributed by atoms with Crippen LogP contribution in [0.4, 0.5) is 0 Å². The number of esters is 5. The van der Waals surface area contributed by atoms with Gasteiger partial charge in [-0.1, -0.05) is 336 Å². The lowest BCUT2D eigenvalue weighted by atomic mass is 10.0. The molecule has 0 rings (SSSR count). The van der Waals surface area contributed by atoms with E-state index in [-0.39, 0.29) is 51.2 Å². The van der Waals surface area contributed by atoms with Crippen LogP contribution in [0, 0.1) is 0 Å². The molecule has 93 heavy (non-hydrogen) atoms. The van der Waals surface area contributed by atoms with Crippen molar-refractivity contribution >= 4 is 58.6 Å². The van der Waals surface area contributed by atoms with Crippen LogP contribution >= 0.6 is 11.6 Å². The van der Waals surface area contributed by atoms with Gasteiger partial charge in [-0.25, -0.2) is 0 Å². The molecule has 0 aliphatic rings. The standard InChI is InChI=1S/C38H70O8.C35H68O5.C3H3ClO3/c1-3-5-7-9-11-13-15-17-19-21-23-25-27-29-36(41)44-32-34(46-38(43)31-35(39)40)33-45-37(42)30-28-26-24-22-20-18-16-14-12-10-8-6-4-2;1-3-5-7-9-11-13-15-17-19-21-23-25-27-29-34(37)39-31-33(36)32-40-35(38)30-28-26-24-22-20-18-16-14-12-10-8-6-4-2;4-2(5)1-3(6)7/h34H,3-33H2,1-2H3,(H,39,40);33,36H,3-32H2,1-2H3;1H2,(H,6,7). The van der Waals surface area contributed by atoms with Crippen molar-refractivity contribution < 1.29 is 77.4 Å². The molecule has 0 aromatic carbocycles. The molecule has 0 spiro atoms. The minimum absolute atomic E-state index is 0.108. The fourth-order valence-electron chi connectivity index (χ4n) is 10.8. The van der Waals surface area contributed by atoms with Crippen LogP contribution in [0.25, 0.3) is 0 Å². The molecule has 0 radical (unpaired) electrons. The van der Waals surface area contributed by atoms with Gasteiger partial charge in [0, 0.05) is 25.7 Å². The number of carboxylic acids is 2. The highest BCUT2D eigenvalue weighted by molar-refractivity contribution is 6.64. The fourth-order valence-corrected chi connectivity index (χ4v) is 10.9. The molecule has 0 unspecified atom stereocenters. The molecule has 0 bridgehead atoms. The normalized spacial score (nSPS) is 11.0. The van der Waals surface area contributed by atoms with Crippen molar-refractivity contribution in [2.45, 2.75) is 412 Å². The zero-order valence-electron chi connectivity index (χ0n) is 60.0. The number of halogens is 1. The smallest absolute Gasteiger partial charge is 0.317 e. The number of carbonyl (C=O) groups is 8. The summed E-state index contributed by atoms with van der Waals surface area (Å²) in [7, 11) is 0. The molecule has 3 N–H and O–H groups in total. The van der Waals surface area contributed by atoms with Crippen molar-refractivity contribution in [2.24, 2.45) is 0 Å². The van der Waals surface area contributed by atoms with Crippen LogP contribution in [0.2, 0.25) is 0 Å². The number of aliphatic hydroxyl groups is 1. The summed E-state index contributed by atoms with van der Waals surface area (Å²) in [6.45, 7) is 8.25. The van der Waals surface area contributed by atoms with Crippen LogP contribution in [0.15, 0.2) is 0 Å². The predicted octanol–water partition coefficient (Wildman–Crippen LogP) is 21.0. The fraction of sp³-hybridized carbons (Fsp3) is 0.895. The van der Waals surface area contributed by atoms with E-state index in [1.54, 1.807) is 0 Å². The number of hydrogen-bond donors (Lipinski definition) is 3. The third-order valence-corrected chi connectivity index (χ3v) is 16.7. The zero-order chi connectivity index (χ0) is 69.1. The van der Waals surface area contributed by atoms with Crippen LogP contribution in [-0.2, 0) is 62.0 Å². The number of unbranched alkanes of at least 4 members (excludes halogenated alkanes) is 48. The van der Waals surface area contributed by atoms with E-state index in [1.165, 1.54) is 270 Å². The molecule has 0 aromatic heterocycles. The monoisotopic (exact) mass is 1340 g/mol. The molecule has 548 valence electrons. The molecule has 0 amide bonds. The highest BCUT2D eigenvalue weighted by atomic mass is 35.5. The van der Waals surface area contributed by atoms with Crippen molar-refractivity contribution in [1.29, 1.82) is 0 Å². The summed E-state index contributed by atoms with van der Waals surface area (Å²) in [4.78, 5) is 90.2. The van der Waals surface area contributed by atoms with Crippen molar-refractivity contribution in [3.05, 3.63) is 0 Å². The van der Waals surface area contributed by atoms with E-state index in [1.807, 2.05) is 0 Å². The first-order valence-corrected chi connectivity index (χ1v) is 38.6. The van der Waals surface area contributed by atoms with Gasteiger partial charge in [-0.05, 0) is 37.3 Å². The second kappa shape index (κ2) is 77.2. The van der Waals surface area contributed by atoms with Gasteiger partial charge in [0.1, 0.15) is 45.4 Å². The molecular formula is C76H141ClO16. The SMILES string of the molecule is CCCCCCCCCCCCCCCC(=O)OCC(COC(=O)CCCCCCCCCCCCCCC)OC(=O)CC(=O)O.CCCCCCCCCCCCCCCC(=O)OCC(O)COC(=O)CCCCCCCCCCCCCCC.O=C(O)CC(=O)Cl. The Morgan fingerprint density at radius 3 is 0.624 bits per heavy atom. The molecular weight excluding hydrogens is 1200 g/mol. The average Bonchev–Trinajstić information content (AvgIpc) is 3.72. The van der Waals surface area contributed by atoms with Crippen LogP contribution in [0.3, 0.4) is 0 Å². The van der Waals surface area contributed by atoms with Gasteiger partial charge in [-0.2, -0.15) is 0 Å². The summed E-state index contributed by atoms with van der Waals surface area (Å²) in [5.74, 6) is -4.83. The first-order chi connectivity index (χ1) is 45.1. The van der Waals surface area contributed by atoms with E-state index in [4.69, 9.17) is 33.9 Å². The van der Waals surface area contributed by atoms with E-state index < -0.39 is 60.1 Å². The minimum atomic E-state index is -1.32. The Balaban J connectivity index is -0.00000159. The second-order valence-corrected chi connectivity index (χ2v) is 26.4. The molecule has 0 heterocycles. The lowest BCUT2D eigenvalue weighted by Gasteiger charge is -2.18. The molecule has 0 aliphatic carbocycles. The zero-order valence-corrected chi connectivity index (χ0v) is 60.8. The van der Waals surface area contributed by atoms with Crippen molar-refractivity contribution in [1.82, 2.24) is 0 Å². The van der Waals surface area contributed by atoms with Crippen LogP contribution < -0.4 is 0 Å². The van der Waals surface area contributed by atoms with Gasteiger partial charge in [0.25, 0.3) is 0 Å². The van der Waals surface area contributed by atoms with Crippen molar-refractivity contribution in [3.8, 4) is 0 Å². The summed E-state index contributed by atoms with van der Waals surface area (Å²) in [5.41, 5.74) is 0. The van der Waals surface area contributed by atoms with Gasteiger partial charge in [-0.3, -0.25) is 38.4 Å². The molecule has 0 saturated carbocycles. The summed E-state index contributed by atoms with van der Waals surface area (Å²) in [6, 6.07) is 0. The maximum Gasteiger partial charge on any atom is 0.317 e. The van der Waals surface area contributed by atoms with Gasteiger partial charge >= 0.3 is 41.8 Å². The van der Waals surface area contributed by atoms with Gasteiger partial charge in [0.05, 0.1) is 0 Å². The summed E-state index contributed by atoms with van der Waals surface area (Å²) >= 11 is 4.65. The third kappa shape index (κ3) is 84.3. The Morgan fingerprint density at radius 2 is 0.452 bits per heavy atom. The summed E-state index contributed by atoms with van der Waals surface area (Å²) in [6.07, 6.45) is 62.7. The van der Waals surface area contributed by atoms with Crippen molar-refractivity contribution in [3.63, 3.8) is 0 Å². The lowest BCUT2D eigenvalue weighted by molar-refractivity contribution is -0.169. The van der Waals surface area contributed by atoms with E-state index in [0.29, 0.717) is 12.8 Å². The molecule has 0 saturated heterocycles. The van der Waals surface area contributed by atoms with E-state index in [2.05, 4.69) is 39.3 Å². The maximum atomic E-state index is 12.2. The molecule has 17 heteroatoms. The summed E-state index contributed by atoms with van der Waals surface area (Å²) in [5, 5.41) is 25.8. The van der Waals surface area contributed by atoms with Gasteiger partial charge < -0.3 is 39.0 Å². The van der Waals surface area contributed by atoms with Crippen LogP contribution in [-0.4, -0.2) is 101 Å². The van der Waals surface area contributed by atoms with Gasteiger partial charge in [0.2, 0.25) is 5.24 Å². The highest BCUT2D eigenvalue weighted by Gasteiger charge is 2.21. The average molecular weight is 1350 g/mol. The first-order valence-electron chi connectivity index (χ1n) is 38.2. The largest absolute Gasteiger partial charge is 0.481 e. The highest BCUT2D eigenvalue weighted by Crippen LogP contribution is 2.18. The maximum absolute atomic E-state index is 12.2. The number of aliphatic hydroxyl groups excluding tert-OH is 1. The first kappa shape index (κ1) is 93.4. The molecule has 0 fully saturated rings. The predicted molar refractivity (Wildman–Crippen MR) is 376 cm³/mol. The van der Waals surface area contributed by atoms with E-state index in [0.717, 1.165) is 64.2 Å². The number of ether oxygens (including phenoxy) is 5. The van der Waals surface area contributed by atoms with E-state index in [9.17, 15) is 43.5 Å². The van der Waals surface area contributed by atoms with Crippen LogP contribution in [0.5, 0.6) is 0 Å². The Labute approximate surface area is 572 Å². The number of rotatable bonds is 69.